The Balaban J connectivity index is 2.50. The van der Waals surface area contributed by atoms with Gasteiger partial charge in [0.1, 0.15) is 17.4 Å². The van der Waals surface area contributed by atoms with E-state index >= 15 is 0 Å². The van der Waals surface area contributed by atoms with Crippen LogP contribution >= 0.6 is 0 Å². The number of rotatable bonds is 12. The standard InChI is InChI=1S/C34H40FN7/c1-9-12-31(37)25(6)40-32(10-2)27-17-14-26(15-18-27)19-33(41-29(21-36)22-39-38-8)34(7,11-3)42-24(5)28-16-13-23(4)30(35)20-28/h3,10,12-18,20,22,24,42H,9,19,37H2,1-2,4-8H3/b29-22-,31-12-,32-10-,39-38?,40-25+,41-33?. The predicted molar refractivity (Wildman–Crippen MR) is 171 cm³/mol. The van der Waals surface area contributed by atoms with Crippen LogP contribution in [0.25, 0.3) is 5.70 Å². The highest BCUT2D eigenvalue weighted by Crippen LogP contribution is 2.24. The van der Waals surface area contributed by atoms with Crippen molar-refractivity contribution in [1.82, 2.24) is 5.32 Å². The molecule has 2 aromatic rings. The van der Waals surface area contributed by atoms with Crippen molar-refractivity contribution in [3.63, 3.8) is 0 Å². The van der Waals surface area contributed by atoms with Gasteiger partial charge in [0, 0.05) is 25.2 Å². The molecule has 42 heavy (non-hydrogen) atoms. The SMILES string of the molecule is C#CC(C)(NC(C)c1ccc(C)c(F)c1)C(Cc1ccc(C(=C/C)/N=C(C)/C(N)=C/CC)cc1)=N/C(C#N)=C\N=NC. The van der Waals surface area contributed by atoms with E-state index in [1.165, 1.54) is 19.3 Å². The normalized spacial score (nSPS) is 15.7. The van der Waals surface area contributed by atoms with E-state index < -0.39 is 5.54 Å². The van der Waals surface area contributed by atoms with E-state index in [9.17, 15) is 9.65 Å². The fourth-order valence-corrected chi connectivity index (χ4v) is 4.17. The summed E-state index contributed by atoms with van der Waals surface area (Å²) in [4.78, 5) is 9.34. The van der Waals surface area contributed by atoms with Crippen LogP contribution in [-0.4, -0.2) is 24.0 Å². The molecule has 0 spiro atoms. The number of halogens is 1. The molecule has 2 aromatic carbocycles. The van der Waals surface area contributed by atoms with Crippen molar-refractivity contribution in [3.8, 4) is 18.4 Å². The summed E-state index contributed by atoms with van der Waals surface area (Å²) < 4.78 is 14.3. The van der Waals surface area contributed by atoms with Crippen LogP contribution in [0.2, 0.25) is 0 Å². The van der Waals surface area contributed by atoms with Crippen LogP contribution in [-0.2, 0) is 6.42 Å². The summed E-state index contributed by atoms with van der Waals surface area (Å²) in [6.45, 7) is 11.3. The molecule has 0 radical (unpaired) electrons. The van der Waals surface area contributed by atoms with Crippen molar-refractivity contribution in [2.75, 3.05) is 7.05 Å². The molecule has 0 amide bonds. The zero-order valence-electron chi connectivity index (χ0n) is 25.5. The second kappa shape index (κ2) is 16.0. The molecule has 2 atom stereocenters. The number of azo groups is 1. The van der Waals surface area contributed by atoms with Gasteiger partial charge in [0.15, 0.2) is 5.70 Å². The molecule has 218 valence electrons. The molecule has 0 saturated heterocycles. The fraction of sp³-hybridized carbons (Fsp3) is 0.324. The number of hydrogen-bond acceptors (Lipinski definition) is 7. The van der Waals surface area contributed by atoms with Gasteiger partial charge >= 0.3 is 0 Å². The monoisotopic (exact) mass is 565 g/mol. The third-order valence-corrected chi connectivity index (χ3v) is 6.76. The Bertz CT molecular complexity index is 1510. The van der Waals surface area contributed by atoms with Gasteiger partial charge in [-0.3, -0.25) is 10.3 Å². The van der Waals surface area contributed by atoms with E-state index in [-0.39, 0.29) is 17.6 Å². The van der Waals surface area contributed by atoms with Gasteiger partial charge in [0.05, 0.1) is 23.3 Å². The first-order chi connectivity index (χ1) is 20.0. The molecule has 0 aliphatic heterocycles. The first-order valence-electron chi connectivity index (χ1n) is 13.8. The maximum absolute atomic E-state index is 14.3. The molecule has 2 rings (SSSR count). The number of nitrogens with two attached hydrogens (primary N) is 1. The van der Waals surface area contributed by atoms with Crippen LogP contribution in [0.15, 0.2) is 92.4 Å². The van der Waals surface area contributed by atoms with E-state index in [0.717, 1.165) is 34.5 Å². The first kappa shape index (κ1) is 33.5. The Labute approximate surface area is 249 Å². The number of aryl methyl sites for hydroxylation is 1. The number of benzene rings is 2. The van der Waals surface area contributed by atoms with Crippen molar-refractivity contribution >= 4 is 17.1 Å². The minimum atomic E-state index is -1.09. The molecular weight excluding hydrogens is 525 g/mol. The van der Waals surface area contributed by atoms with Crippen LogP contribution in [0, 0.1) is 36.4 Å². The van der Waals surface area contributed by atoms with E-state index in [2.05, 4.69) is 32.5 Å². The number of nitriles is 1. The molecule has 0 fully saturated rings. The van der Waals surface area contributed by atoms with Gasteiger partial charge in [0.25, 0.3) is 0 Å². The summed E-state index contributed by atoms with van der Waals surface area (Å²) >= 11 is 0. The Morgan fingerprint density at radius 2 is 1.90 bits per heavy atom. The molecular formula is C34H40FN7. The fourth-order valence-electron chi connectivity index (χ4n) is 4.17. The molecule has 0 aliphatic rings. The molecule has 7 nitrogen and oxygen atoms in total. The highest BCUT2D eigenvalue weighted by Gasteiger charge is 2.31. The maximum Gasteiger partial charge on any atom is 0.160 e. The number of nitrogens with one attached hydrogen (secondary N) is 1. The summed E-state index contributed by atoms with van der Waals surface area (Å²) in [6, 6.07) is 14.7. The lowest BCUT2D eigenvalue weighted by molar-refractivity contribution is 0.484. The number of nitrogens with zero attached hydrogens (tertiary/aromatic N) is 5. The molecule has 0 heterocycles. The predicted octanol–water partition coefficient (Wildman–Crippen LogP) is 7.38. The molecule has 0 saturated carbocycles. The lowest BCUT2D eigenvalue weighted by Gasteiger charge is -2.31. The summed E-state index contributed by atoms with van der Waals surface area (Å²) in [7, 11) is 1.51. The van der Waals surface area contributed by atoms with Crippen molar-refractivity contribution in [3.05, 3.63) is 100 Å². The number of allylic oxidation sites excluding steroid dienone is 4. The van der Waals surface area contributed by atoms with E-state index in [4.69, 9.17) is 17.1 Å². The third-order valence-electron chi connectivity index (χ3n) is 6.76. The van der Waals surface area contributed by atoms with Gasteiger partial charge in [-0.15, -0.1) is 6.42 Å². The van der Waals surface area contributed by atoms with Crippen LogP contribution in [0.4, 0.5) is 4.39 Å². The average Bonchev–Trinajstić information content (AvgIpc) is 2.98. The molecule has 0 aliphatic carbocycles. The molecule has 2 unspecified atom stereocenters. The Morgan fingerprint density at radius 1 is 1.21 bits per heavy atom. The average molecular weight is 566 g/mol. The number of terminal acetylenes is 1. The van der Waals surface area contributed by atoms with Crippen LogP contribution in [0.3, 0.4) is 0 Å². The minimum Gasteiger partial charge on any atom is -0.398 e. The zero-order valence-corrected chi connectivity index (χ0v) is 25.5. The zero-order chi connectivity index (χ0) is 31.3. The topological polar surface area (TPSA) is 111 Å². The van der Waals surface area contributed by atoms with Crippen molar-refractivity contribution in [2.45, 2.75) is 66.0 Å². The van der Waals surface area contributed by atoms with Gasteiger partial charge in [-0.1, -0.05) is 61.4 Å². The number of hydrogen-bond donors (Lipinski definition) is 2. The highest BCUT2D eigenvalue weighted by atomic mass is 19.1. The van der Waals surface area contributed by atoms with Crippen molar-refractivity contribution in [2.24, 2.45) is 25.9 Å². The summed E-state index contributed by atoms with van der Waals surface area (Å²) in [6.07, 6.45) is 12.4. The first-order valence-corrected chi connectivity index (χ1v) is 13.8. The molecule has 8 heteroatoms. The van der Waals surface area contributed by atoms with Crippen LogP contribution in [0.1, 0.15) is 69.3 Å². The lowest BCUT2D eigenvalue weighted by atomic mass is 9.89. The smallest absolute Gasteiger partial charge is 0.160 e. The molecule has 0 aromatic heterocycles. The van der Waals surface area contributed by atoms with Crippen molar-refractivity contribution in [1.29, 1.82) is 5.26 Å². The molecule has 0 bridgehead atoms. The largest absolute Gasteiger partial charge is 0.398 e. The Morgan fingerprint density at radius 3 is 2.45 bits per heavy atom. The van der Waals surface area contributed by atoms with E-state index in [1.54, 1.807) is 13.0 Å². The van der Waals surface area contributed by atoms with Crippen molar-refractivity contribution < 1.29 is 4.39 Å². The summed E-state index contributed by atoms with van der Waals surface area (Å²) in [5, 5.41) is 20.6. The van der Waals surface area contributed by atoms with Gasteiger partial charge in [-0.25, -0.2) is 9.38 Å². The minimum absolute atomic E-state index is 0.0586. The van der Waals surface area contributed by atoms with E-state index in [1.807, 2.05) is 77.1 Å². The quantitative estimate of drug-likeness (QED) is 0.121. The highest BCUT2D eigenvalue weighted by molar-refractivity contribution is 6.00. The lowest BCUT2D eigenvalue weighted by Crippen LogP contribution is -2.50. The Kier molecular flexibility index (Phi) is 12.7. The number of aliphatic imine (C=N–C) groups is 2. The maximum atomic E-state index is 14.3. The van der Waals surface area contributed by atoms with Gasteiger partial charge in [-0.05, 0) is 69.4 Å². The van der Waals surface area contributed by atoms with Gasteiger partial charge in [0.2, 0.25) is 0 Å². The summed E-state index contributed by atoms with van der Waals surface area (Å²) in [5.74, 6) is 2.53. The van der Waals surface area contributed by atoms with Gasteiger partial charge < -0.3 is 5.73 Å². The third kappa shape index (κ3) is 9.19. The second-order valence-corrected chi connectivity index (χ2v) is 9.96. The summed E-state index contributed by atoms with van der Waals surface area (Å²) in [5.41, 5.74) is 11.0. The van der Waals surface area contributed by atoms with E-state index in [0.29, 0.717) is 23.4 Å². The van der Waals surface area contributed by atoms with Crippen LogP contribution < -0.4 is 11.1 Å². The van der Waals surface area contributed by atoms with Gasteiger partial charge in [-0.2, -0.15) is 15.5 Å². The Hall–Kier alpha value is -4.66. The van der Waals surface area contributed by atoms with Crippen LogP contribution in [0.5, 0.6) is 0 Å². The molecule has 3 N–H and O–H groups in total. The second-order valence-electron chi connectivity index (χ2n) is 9.96.